The summed E-state index contributed by atoms with van der Waals surface area (Å²) in [6, 6.07) is 10.5. The highest BCUT2D eigenvalue weighted by Crippen LogP contribution is 2.18. The molecular formula is C18H19N3O5. The zero-order valence-corrected chi connectivity index (χ0v) is 14.5. The van der Waals surface area contributed by atoms with E-state index in [0.29, 0.717) is 36.2 Å². The van der Waals surface area contributed by atoms with Crippen molar-refractivity contribution in [2.45, 2.75) is 13.0 Å². The number of ether oxygens (including phenoxy) is 2. The van der Waals surface area contributed by atoms with Crippen molar-refractivity contribution in [3.8, 4) is 11.5 Å². The molecule has 3 aromatic rings. The van der Waals surface area contributed by atoms with Crippen molar-refractivity contribution in [2.24, 2.45) is 0 Å². The molecule has 0 bridgehead atoms. The standard InChI is InChI=1S/C18H19N3O5/c1-21(18(22)15-4-3-11-24-15)10-9-16-19-17(26-20-16)12-25-14-7-5-13(23-2)6-8-14/h3-8,11H,9-10,12H2,1-2H3. The van der Waals surface area contributed by atoms with Gasteiger partial charge in [0, 0.05) is 20.0 Å². The van der Waals surface area contributed by atoms with Gasteiger partial charge in [0.1, 0.15) is 11.5 Å². The summed E-state index contributed by atoms with van der Waals surface area (Å²) in [5.41, 5.74) is 0. The number of benzene rings is 1. The number of rotatable bonds is 8. The van der Waals surface area contributed by atoms with Crippen LogP contribution in [0.2, 0.25) is 0 Å². The molecule has 2 aromatic heterocycles. The van der Waals surface area contributed by atoms with Crippen LogP contribution in [0.3, 0.4) is 0 Å². The molecule has 0 aliphatic heterocycles. The molecule has 1 aromatic carbocycles. The first kappa shape index (κ1) is 17.5. The van der Waals surface area contributed by atoms with E-state index in [1.807, 2.05) is 0 Å². The van der Waals surface area contributed by atoms with Gasteiger partial charge in [0.05, 0.1) is 13.4 Å². The average molecular weight is 357 g/mol. The largest absolute Gasteiger partial charge is 0.497 e. The molecule has 0 radical (unpaired) electrons. The predicted octanol–water partition coefficient (Wildman–Crippen LogP) is 2.56. The number of aromatic nitrogens is 2. The van der Waals surface area contributed by atoms with Gasteiger partial charge in [0.2, 0.25) is 0 Å². The summed E-state index contributed by atoms with van der Waals surface area (Å²) in [5, 5.41) is 3.90. The topological polar surface area (TPSA) is 90.8 Å². The zero-order chi connectivity index (χ0) is 18.4. The van der Waals surface area contributed by atoms with Crippen LogP contribution in [0.5, 0.6) is 11.5 Å². The van der Waals surface area contributed by atoms with E-state index in [4.69, 9.17) is 18.4 Å². The van der Waals surface area contributed by atoms with Crippen LogP contribution in [0.4, 0.5) is 0 Å². The number of carbonyl (C=O) groups is 1. The third kappa shape index (κ3) is 4.41. The summed E-state index contributed by atoms with van der Waals surface area (Å²) in [4.78, 5) is 17.9. The maximum absolute atomic E-state index is 12.1. The molecule has 26 heavy (non-hydrogen) atoms. The van der Waals surface area contributed by atoms with Crippen LogP contribution in [0.25, 0.3) is 0 Å². The number of methoxy groups -OCH3 is 1. The first-order valence-corrected chi connectivity index (χ1v) is 8.03. The second-order valence-corrected chi connectivity index (χ2v) is 5.52. The lowest BCUT2D eigenvalue weighted by Crippen LogP contribution is -2.28. The molecule has 0 fully saturated rings. The summed E-state index contributed by atoms with van der Waals surface area (Å²) < 4.78 is 20.9. The number of furan rings is 1. The van der Waals surface area contributed by atoms with Crippen molar-refractivity contribution in [1.82, 2.24) is 15.0 Å². The molecule has 0 spiro atoms. The van der Waals surface area contributed by atoms with Crippen molar-refractivity contribution in [3.05, 3.63) is 60.1 Å². The number of nitrogens with zero attached hydrogens (tertiary/aromatic N) is 3. The van der Waals surface area contributed by atoms with Gasteiger partial charge in [0.15, 0.2) is 18.2 Å². The van der Waals surface area contributed by atoms with Crippen LogP contribution in [-0.4, -0.2) is 41.6 Å². The highest BCUT2D eigenvalue weighted by Gasteiger charge is 2.15. The average Bonchev–Trinajstić information content (AvgIpc) is 3.36. The molecule has 0 N–H and O–H groups in total. The lowest BCUT2D eigenvalue weighted by atomic mass is 10.3. The maximum atomic E-state index is 12.1. The number of hydrogen-bond acceptors (Lipinski definition) is 7. The molecule has 2 heterocycles. The van der Waals surface area contributed by atoms with E-state index in [9.17, 15) is 4.79 Å². The normalized spacial score (nSPS) is 10.5. The van der Waals surface area contributed by atoms with Crippen LogP contribution < -0.4 is 9.47 Å². The van der Waals surface area contributed by atoms with Gasteiger partial charge >= 0.3 is 0 Å². The summed E-state index contributed by atoms with van der Waals surface area (Å²) in [6.07, 6.45) is 1.93. The van der Waals surface area contributed by atoms with Crippen LogP contribution in [0.1, 0.15) is 22.3 Å². The van der Waals surface area contributed by atoms with E-state index in [2.05, 4.69) is 10.1 Å². The van der Waals surface area contributed by atoms with Gasteiger partial charge in [-0.2, -0.15) is 4.98 Å². The first-order chi connectivity index (χ1) is 12.7. The maximum Gasteiger partial charge on any atom is 0.289 e. The molecular weight excluding hydrogens is 338 g/mol. The Morgan fingerprint density at radius 1 is 1.19 bits per heavy atom. The molecule has 3 rings (SSSR count). The van der Waals surface area contributed by atoms with E-state index >= 15 is 0 Å². The van der Waals surface area contributed by atoms with Crippen molar-refractivity contribution in [3.63, 3.8) is 0 Å². The second-order valence-electron chi connectivity index (χ2n) is 5.52. The summed E-state index contributed by atoms with van der Waals surface area (Å²) in [5.74, 6) is 2.42. The molecule has 8 heteroatoms. The Hall–Kier alpha value is -3.29. The van der Waals surface area contributed by atoms with Crippen molar-refractivity contribution < 1.29 is 23.2 Å². The van der Waals surface area contributed by atoms with Crippen LogP contribution in [0.15, 0.2) is 51.6 Å². The number of hydrogen-bond donors (Lipinski definition) is 0. The lowest BCUT2D eigenvalue weighted by Gasteiger charge is -2.14. The minimum atomic E-state index is -0.193. The summed E-state index contributed by atoms with van der Waals surface area (Å²) in [6.45, 7) is 0.609. The van der Waals surface area contributed by atoms with E-state index in [0.717, 1.165) is 5.75 Å². The van der Waals surface area contributed by atoms with E-state index in [1.165, 1.54) is 6.26 Å². The fraction of sp³-hybridized carbons (Fsp3) is 0.278. The zero-order valence-electron chi connectivity index (χ0n) is 14.5. The lowest BCUT2D eigenvalue weighted by molar-refractivity contribution is 0.0764. The van der Waals surface area contributed by atoms with E-state index < -0.39 is 0 Å². The molecule has 1 amide bonds. The Morgan fingerprint density at radius 3 is 2.65 bits per heavy atom. The second kappa shape index (κ2) is 8.19. The summed E-state index contributed by atoms with van der Waals surface area (Å²) in [7, 11) is 3.30. The van der Waals surface area contributed by atoms with Gasteiger partial charge in [-0.15, -0.1) is 0 Å². The molecule has 0 atom stereocenters. The molecule has 136 valence electrons. The van der Waals surface area contributed by atoms with Crippen molar-refractivity contribution in [1.29, 1.82) is 0 Å². The minimum Gasteiger partial charge on any atom is -0.497 e. The van der Waals surface area contributed by atoms with E-state index in [-0.39, 0.29) is 12.5 Å². The quantitative estimate of drug-likeness (QED) is 0.612. The highest BCUT2D eigenvalue weighted by atomic mass is 16.5. The smallest absolute Gasteiger partial charge is 0.289 e. The molecule has 0 unspecified atom stereocenters. The van der Waals surface area contributed by atoms with Crippen LogP contribution in [0, 0.1) is 0 Å². The van der Waals surface area contributed by atoms with Crippen LogP contribution >= 0.6 is 0 Å². The molecule has 0 saturated carbocycles. The third-order valence-electron chi connectivity index (χ3n) is 3.68. The predicted molar refractivity (Wildman–Crippen MR) is 91.0 cm³/mol. The van der Waals surface area contributed by atoms with Crippen molar-refractivity contribution in [2.75, 3.05) is 20.7 Å². The Bertz CT molecular complexity index is 827. The third-order valence-corrected chi connectivity index (χ3v) is 3.68. The minimum absolute atomic E-state index is 0.167. The van der Waals surface area contributed by atoms with Gasteiger partial charge in [-0.05, 0) is 36.4 Å². The Labute approximate surface area is 150 Å². The Kier molecular flexibility index (Phi) is 5.52. The fourth-order valence-electron chi connectivity index (χ4n) is 2.22. The van der Waals surface area contributed by atoms with Gasteiger partial charge in [-0.1, -0.05) is 5.16 Å². The van der Waals surface area contributed by atoms with E-state index in [1.54, 1.807) is 55.5 Å². The highest BCUT2D eigenvalue weighted by molar-refractivity contribution is 5.91. The monoisotopic (exact) mass is 357 g/mol. The summed E-state index contributed by atoms with van der Waals surface area (Å²) >= 11 is 0. The molecule has 8 nitrogen and oxygen atoms in total. The molecule has 0 aliphatic rings. The Morgan fingerprint density at radius 2 is 1.96 bits per heavy atom. The first-order valence-electron chi connectivity index (χ1n) is 8.03. The van der Waals surface area contributed by atoms with Gasteiger partial charge in [-0.25, -0.2) is 0 Å². The number of likely N-dealkylation sites (N-methyl/N-ethyl adjacent to an activating group) is 1. The van der Waals surface area contributed by atoms with Crippen LogP contribution in [-0.2, 0) is 13.0 Å². The molecule has 0 saturated heterocycles. The molecule has 0 aliphatic carbocycles. The van der Waals surface area contributed by atoms with Gasteiger partial charge < -0.3 is 23.3 Å². The van der Waals surface area contributed by atoms with Gasteiger partial charge in [-0.3, -0.25) is 4.79 Å². The number of amides is 1. The van der Waals surface area contributed by atoms with Crippen molar-refractivity contribution >= 4 is 5.91 Å². The fourth-order valence-corrected chi connectivity index (χ4v) is 2.22. The SMILES string of the molecule is COc1ccc(OCc2nc(CCN(C)C(=O)c3ccco3)no2)cc1. The van der Waals surface area contributed by atoms with Gasteiger partial charge in [0.25, 0.3) is 11.8 Å². The number of carbonyl (C=O) groups excluding carboxylic acids is 1. The Balaban J connectivity index is 1.47.